The van der Waals surface area contributed by atoms with Gasteiger partial charge >= 0.3 is 0 Å². The van der Waals surface area contributed by atoms with Crippen molar-refractivity contribution >= 4 is 11.6 Å². The molecule has 166 valence electrons. The number of ether oxygens (including phenoxy) is 4. The van der Waals surface area contributed by atoms with Crippen molar-refractivity contribution in [2.24, 2.45) is 0 Å². The fraction of sp³-hybridized carbons (Fsp3) is 0.650. The Morgan fingerprint density at radius 2 is 1.87 bits per heavy atom. The lowest BCUT2D eigenvalue weighted by molar-refractivity contribution is -0.386. The van der Waals surface area contributed by atoms with E-state index in [1.165, 1.54) is 26.4 Å². The van der Waals surface area contributed by atoms with Crippen LogP contribution in [0.25, 0.3) is 0 Å². The Morgan fingerprint density at radius 3 is 2.47 bits per heavy atom. The maximum Gasteiger partial charge on any atom is 0.278 e. The van der Waals surface area contributed by atoms with E-state index >= 15 is 0 Å². The highest BCUT2D eigenvalue weighted by Crippen LogP contribution is 2.41. The lowest BCUT2D eigenvalue weighted by atomic mass is 9.94. The summed E-state index contributed by atoms with van der Waals surface area (Å²) in [4.78, 5) is 26.4. The van der Waals surface area contributed by atoms with Crippen LogP contribution in [0.5, 0.6) is 11.5 Å². The molecule has 10 heteroatoms. The summed E-state index contributed by atoms with van der Waals surface area (Å²) in [5, 5.41) is 14.9. The first-order chi connectivity index (χ1) is 14.4. The Labute approximate surface area is 175 Å². The molecule has 0 spiro atoms. The van der Waals surface area contributed by atoms with Gasteiger partial charge in [0.05, 0.1) is 23.1 Å². The van der Waals surface area contributed by atoms with Gasteiger partial charge in [-0.3, -0.25) is 19.8 Å². The number of rotatable bonds is 9. The minimum Gasteiger partial charge on any atom is -0.454 e. The van der Waals surface area contributed by atoms with Crippen molar-refractivity contribution in [3.63, 3.8) is 0 Å². The van der Waals surface area contributed by atoms with E-state index in [-0.39, 0.29) is 36.5 Å². The molecule has 1 heterocycles. The lowest BCUT2D eigenvalue weighted by Crippen LogP contribution is -2.46. The van der Waals surface area contributed by atoms with Crippen LogP contribution in [0.2, 0.25) is 0 Å². The Balaban J connectivity index is 1.96. The molecule has 30 heavy (non-hydrogen) atoms. The highest BCUT2D eigenvalue weighted by molar-refractivity contribution is 5.85. The molecular weight excluding hydrogens is 394 g/mol. The molecule has 1 atom stereocenters. The fourth-order valence-corrected chi connectivity index (χ4v) is 4.02. The van der Waals surface area contributed by atoms with Crippen molar-refractivity contribution < 1.29 is 28.7 Å². The molecule has 1 N–H and O–H groups in total. The normalized spacial score (nSPS) is 17.4. The maximum absolute atomic E-state index is 13.4. The van der Waals surface area contributed by atoms with Crippen molar-refractivity contribution in [2.75, 3.05) is 34.6 Å². The molecule has 1 fully saturated rings. The number of likely N-dealkylation sites (N-methyl/N-ethyl adjacent to an activating group) is 1. The molecular formula is C20H29N3O7. The second kappa shape index (κ2) is 10.1. The zero-order chi connectivity index (χ0) is 21.7. The third-order valence-corrected chi connectivity index (χ3v) is 5.62. The summed E-state index contributed by atoms with van der Waals surface area (Å²) in [6, 6.07) is 1.98. The van der Waals surface area contributed by atoms with Gasteiger partial charge in [-0.05, 0) is 26.0 Å². The first kappa shape index (κ1) is 22.3. The van der Waals surface area contributed by atoms with Gasteiger partial charge in [-0.15, -0.1) is 0 Å². The van der Waals surface area contributed by atoms with Crippen LogP contribution in [-0.2, 0) is 14.3 Å². The van der Waals surface area contributed by atoms with E-state index in [1.807, 2.05) is 0 Å². The number of nitrogens with zero attached hydrogens (tertiary/aromatic N) is 2. The standard InChI is InChI=1S/C20H29N3O7/c1-22(11-18(27-2)28-3)19(20(24)21-13-7-5-4-6-8-13)14-9-16-17(30-12-29-16)10-15(14)23(25)26/h9-10,13,18-19H,4-8,11-12H2,1-3H3,(H,21,24). The summed E-state index contributed by atoms with van der Waals surface area (Å²) in [6.45, 7) is 0.224. The number of hydrogen-bond acceptors (Lipinski definition) is 8. The molecule has 1 aliphatic heterocycles. The van der Waals surface area contributed by atoms with Crippen LogP contribution in [0, 0.1) is 10.1 Å². The zero-order valence-electron chi connectivity index (χ0n) is 17.6. The molecule has 1 unspecified atom stereocenters. The molecule has 2 aliphatic rings. The zero-order valence-corrected chi connectivity index (χ0v) is 17.6. The summed E-state index contributed by atoms with van der Waals surface area (Å²) in [5.74, 6) is 0.387. The molecule has 0 saturated heterocycles. The smallest absolute Gasteiger partial charge is 0.278 e. The SMILES string of the molecule is COC(CN(C)C(C(=O)NC1CCCCC1)c1cc2c(cc1[N+](=O)[O-])OCO2)OC. The van der Waals surface area contributed by atoms with Crippen molar-refractivity contribution in [1.82, 2.24) is 10.2 Å². The summed E-state index contributed by atoms with van der Waals surface area (Å²) in [7, 11) is 4.72. The monoisotopic (exact) mass is 423 g/mol. The van der Waals surface area contributed by atoms with Crippen LogP contribution in [0.1, 0.15) is 43.7 Å². The Kier molecular flexibility index (Phi) is 7.46. The summed E-state index contributed by atoms with van der Waals surface area (Å²) < 4.78 is 21.2. The molecule has 1 saturated carbocycles. The highest BCUT2D eigenvalue weighted by atomic mass is 16.7. The van der Waals surface area contributed by atoms with E-state index in [1.54, 1.807) is 11.9 Å². The summed E-state index contributed by atoms with van der Waals surface area (Å²) in [5.41, 5.74) is 0.0484. The molecule has 1 aromatic carbocycles. The second-order valence-electron chi connectivity index (χ2n) is 7.61. The van der Waals surface area contributed by atoms with Crippen molar-refractivity contribution in [3.8, 4) is 11.5 Å². The number of nitrogens with one attached hydrogen (secondary N) is 1. The van der Waals surface area contributed by atoms with E-state index in [0.717, 1.165) is 32.1 Å². The van der Waals surface area contributed by atoms with Gasteiger partial charge in [-0.2, -0.15) is 0 Å². The third kappa shape index (κ3) is 5.00. The predicted octanol–water partition coefficient (Wildman–Crippen LogP) is 2.36. The number of amides is 1. The molecule has 3 rings (SSSR count). The van der Waals surface area contributed by atoms with E-state index in [0.29, 0.717) is 11.5 Å². The maximum atomic E-state index is 13.4. The van der Waals surface area contributed by atoms with Gasteiger partial charge in [-0.1, -0.05) is 19.3 Å². The number of carbonyl (C=O) groups excluding carboxylic acids is 1. The van der Waals surface area contributed by atoms with E-state index < -0.39 is 17.3 Å². The van der Waals surface area contributed by atoms with E-state index in [4.69, 9.17) is 18.9 Å². The topological polar surface area (TPSA) is 112 Å². The number of hydrogen-bond donors (Lipinski definition) is 1. The highest BCUT2D eigenvalue weighted by Gasteiger charge is 2.36. The van der Waals surface area contributed by atoms with Crippen molar-refractivity contribution in [3.05, 3.63) is 27.8 Å². The number of nitro groups is 1. The number of fused-ring (bicyclic) bond motifs is 1. The number of benzene rings is 1. The van der Waals surface area contributed by atoms with Gasteiger partial charge in [0.2, 0.25) is 12.7 Å². The van der Waals surface area contributed by atoms with Gasteiger partial charge < -0.3 is 24.3 Å². The van der Waals surface area contributed by atoms with Gasteiger partial charge in [0.15, 0.2) is 17.8 Å². The van der Waals surface area contributed by atoms with Crippen LogP contribution >= 0.6 is 0 Å². The van der Waals surface area contributed by atoms with Crippen molar-refractivity contribution in [1.29, 1.82) is 0 Å². The lowest BCUT2D eigenvalue weighted by Gasteiger charge is -2.32. The molecule has 0 bridgehead atoms. The predicted molar refractivity (Wildman–Crippen MR) is 107 cm³/mol. The van der Waals surface area contributed by atoms with Gasteiger partial charge in [0.25, 0.3) is 5.69 Å². The van der Waals surface area contributed by atoms with E-state index in [2.05, 4.69) is 5.32 Å². The largest absolute Gasteiger partial charge is 0.454 e. The number of nitro benzene ring substituents is 1. The first-order valence-corrected chi connectivity index (χ1v) is 10.1. The summed E-state index contributed by atoms with van der Waals surface area (Å²) in [6.07, 6.45) is 4.50. The number of methoxy groups -OCH3 is 2. The molecule has 0 radical (unpaired) electrons. The Morgan fingerprint density at radius 1 is 1.23 bits per heavy atom. The molecule has 10 nitrogen and oxygen atoms in total. The van der Waals surface area contributed by atoms with Gasteiger partial charge in [0, 0.05) is 20.3 Å². The third-order valence-electron chi connectivity index (χ3n) is 5.62. The molecule has 0 aromatic heterocycles. The molecule has 1 aromatic rings. The van der Waals surface area contributed by atoms with Crippen LogP contribution in [0.15, 0.2) is 12.1 Å². The Hall–Kier alpha value is -2.43. The first-order valence-electron chi connectivity index (χ1n) is 10.1. The van der Waals surface area contributed by atoms with Gasteiger partial charge in [0.1, 0.15) is 6.04 Å². The van der Waals surface area contributed by atoms with Crippen molar-refractivity contribution in [2.45, 2.75) is 50.5 Å². The fourth-order valence-electron chi connectivity index (χ4n) is 4.02. The van der Waals surface area contributed by atoms with Crippen LogP contribution in [0.3, 0.4) is 0 Å². The average Bonchev–Trinajstić information content (AvgIpc) is 3.19. The average molecular weight is 423 g/mol. The Bertz CT molecular complexity index is 763. The van der Waals surface area contributed by atoms with Gasteiger partial charge in [-0.25, -0.2) is 0 Å². The van der Waals surface area contributed by atoms with Crippen LogP contribution in [-0.4, -0.2) is 62.7 Å². The number of carbonyl (C=O) groups is 1. The summed E-state index contributed by atoms with van der Waals surface area (Å²) >= 11 is 0. The minimum absolute atomic E-state index is 0.0137. The van der Waals surface area contributed by atoms with Crippen LogP contribution < -0.4 is 14.8 Å². The second-order valence-corrected chi connectivity index (χ2v) is 7.61. The quantitative estimate of drug-likeness (QED) is 0.366. The molecule has 1 aliphatic carbocycles. The minimum atomic E-state index is -0.922. The van der Waals surface area contributed by atoms with Crippen LogP contribution in [0.4, 0.5) is 5.69 Å². The molecule has 1 amide bonds. The van der Waals surface area contributed by atoms with E-state index in [9.17, 15) is 14.9 Å².